The second-order valence-electron chi connectivity index (χ2n) is 5.03. The van der Waals surface area contributed by atoms with E-state index in [0.29, 0.717) is 17.9 Å². The molecule has 19 heavy (non-hydrogen) atoms. The molecule has 1 aromatic rings. The van der Waals surface area contributed by atoms with E-state index in [1.807, 2.05) is 18.0 Å². The number of pyridine rings is 1. The van der Waals surface area contributed by atoms with Crippen molar-refractivity contribution in [3.8, 4) is 0 Å². The van der Waals surface area contributed by atoms with Gasteiger partial charge in [-0.1, -0.05) is 5.16 Å². The molecule has 0 aliphatic heterocycles. The molecule has 0 aromatic carbocycles. The van der Waals surface area contributed by atoms with E-state index in [0.717, 1.165) is 30.5 Å². The lowest BCUT2D eigenvalue weighted by atomic mass is 10.1. The average Bonchev–Trinajstić information content (AvgIpc) is 2.82. The Morgan fingerprint density at radius 3 is 2.95 bits per heavy atom. The van der Waals surface area contributed by atoms with Crippen molar-refractivity contribution in [1.29, 1.82) is 0 Å². The summed E-state index contributed by atoms with van der Waals surface area (Å²) in [5, 5.41) is 21.4. The number of oxime groups is 1. The maximum atomic E-state index is 9.48. The van der Waals surface area contributed by atoms with Gasteiger partial charge >= 0.3 is 0 Å². The first-order valence-corrected chi connectivity index (χ1v) is 6.42. The van der Waals surface area contributed by atoms with Gasteiger partial charge in [0.1, 0.15) is 5.82 Å². The second kappa shape index (κ2) is 5.44. The lowest BCUT2D eigenvalue weighted by molar-refractivity contribution is 0.201. The van der Waals surface area contributed by atoms with Crippen molar-refractivity contribution < 1.29 is 10.3 Å². The topological polar surface area (TPSA) is 95.0 Å². The molecule has 6 heteroatoms. The number of nitrogens with two attached hydrogens (primary N) is 1. The van der Waals surface area contributed by atoms with Gasteiger partial charge in [0.25, 0.3) is 0 Å². The number of nitrogens with zero attached hydrogens (tertiary/aromatic N) is 3. The number of aryl methyl sites for hydroxylation is 2. The van der Waals surface area contributed by atoms with Crippen LogP contribution in [0.15, 0.2) is 11.2 Å². The smallest absolute Gasteiger partial charge is 0.173 e. The molecule has 6 nitrogen and oxygen atoms in total. The zero-order valence-electron chi connectivity index (χ0n) is 11.3. The molecule has 0 spiro atoms. The van der Waals surface area contributed by atoms with Gasteiger partial charge in [-0.05, 0) is 37.8 Å². The minimum Gasteiger partial charge on any atom is -0.409 e. The van der Waals surface area contributed by atoms with Crippen molar-refractivity contribution in [2.75, 3.05) is 18.5 Å². The zero-order valence-corrected chi connectivity index (χ0v) is 11.3. The summed E-state index contributed by atoms with van der Waals surface area (Å²) in [4.78, 5) is 6.45. The van der Waals surface area contributed by atoms with Crippen molar-refractivity contribution in [2.45, 2.75) is 32.3 Å². The van der Waals surface area contributed by atoms with Crippen molar-refractivity contribution in [2.24, 2.45) is 10.9 Å². The van der Waals surface area contributed by atoms with E-state index in [2.05, 4.69) is 10.1 Å². The molecular formula is C13H20N4O2. The minimum absolute atomic E-state index is 0.0506. The lowest BCUT2D eigenvalue weighted by Gasteiger charge is -2.23. The van der Waals surface area contributed by atoms with E-state index in [4.69, 9.17) is 10.9 Å². The van der Waals surface area contributed by atoms with Crippen molar-refractivity contribution in [1.82, 2.24) is 4.98 Å². The van der Waals surface area contributed by atoms with Gasteiger partial charge < -0.3 is 20.9 Å². The van der Waals surface area contributed by atoms with E-state index in [1.54, 1.807) is 6.92 Å². The van der Waals surface area contributed by atoms with Gasteiger partial charge in [-0.2, -0.15) is 0 Å². The van der Waals surface area contributed by atoms with E-state index >= 15 is 0 Å². The standard InChI is InChI=1S/C13H20N4O2/c1-8(18)7-17(2)13-10(12(14)16-19)6-9-4-3-5-11(9)15-13/h6,8,18-19H,3-5,7H2,1-2H3,(H2,14,16). The first kappa shape index (κ1) is 13.6. The highest BCUT2D eigenvalue weighted by molar-refractivity contribution is 6.01. The van der Waals surface area contributed by atoms with Crippen LogP contribution >= 0.6 is 0 Å². The van der Waals surface area contributed by atoms with Gasteiger partial charge in [-0.3, -0.25) is 0 Å². The van der Waals surface area contributed by atoms with E-state index in [9.17, 15) is 5.11 Å². The Morgan fingerprint density at radius 1 is 1.58 bits per heavy atom. The van der Waals surface area contributed by atoms with E-state index in [-0.39, 0.29) is 5.84 Å². The van der Waals surface area contributed by atoms with Crippen molar-refractivity contribution >= 4 is 11.7 Å². The van der Waals surface area contributed by atoms with Gasteiger partial charge in [0.05, 0.1) is 11.7 Å². The molecule has 1 aromatic heterocycles. The Morgan fingerprint density at radius 2 is 2.32 bits per heavy atom. The fourth-order valence-corrected chi connectivity index (χ4v) is 2.48. The molecule has 0 saturated heterocycles. The predicted molar refractivity (Wildman–Crippen MR) is 73.7 cm³/mol. The van der Waals surface area contributed by atoms with E-state index in [1.165, 1.54) is 0 Å². The summed E-state index contributed by atoms with van der Waals surface area (Å²) >= 11 is 0. The van der Waals surface area contributed by atoms with Crippen LogP contribution in [0.2, 0.25) is 0 Å². The molecule has 1 aliphatic carbocycles. The summed E-state index contributed by atoms with van der Waals surface area (Å²) in [6, 6.07) is 1.94. The van der Waals surface area contributed by atoms with Gasteiger partial charge in [-0.25, -0.2) is 4.98 Å². The fraction of sp³-hybridized carbons (Fsp3) is 0.538. The quantitative estimate of drug-likeness (QED) is 0.318. The molecule has 1 aliphatic rings. The largest absolute Gasteiger partial charge is 0.409 e. The summed E-state index contributed by atoms with van der Waals surface area (Å²) < 4.78 is 0. The van der Waals surface area contributed by atoms with Crippen LogP contribution in [0, 0.1) is 0 Å². The Bertz CT molecular complexity index is 500. The van der Waals surface area contributed by atoms with Crippen LogP contribution in [-0.4, -0.2) is 40.8 Å². The number of hydrogen-bond donors (Lipinski definition) is 3. The fourth-order valence-electron chi connectivity index (χ4n) is 2.48. The number of hydrogen-bond acceptors (Lipinski definition) is 5. The number of amidine groups is 1. The molecule has 0 bridgehead atoms. The molecule has 104 valence electrons. The molecule has 2 rings (SSSR count). The monoisotopic (exact) mass is 264 g/mol. The van der Waals surface area contributed by atoms with Crippen LogP contribution in [-0.2, 0) is 12.8 Å². The molecule has 1 heterocycles. The average molecular weight is 264 g/mol. The first-order chi connectivity index (χ1) is 9.02. The number of fused-ring (bicyclic) bond motifs is 1. The number of rotatable bonds is 4. The third-order valence-electron chi connectivity index (χ3n) is 3.31. The maximum Gasteiger partial charge on any atom is 0.173 e. The normalized spacial score (nSPS) is 16.3. The minimum atomic E-state index is -0.472. The van der Waals surface area contributed by atoms with Crippen LogP contribution in [0.4, 0.5) is 5.82 Å². The summed E-state index contributed by atoms with van der Waals surface area (Å²) in [6.45, 7) is 2.16. The highest BCUT2D eigenvalue weighted by Crippen LogP contribution is 2.27. The highest BCUT2D eigenvalue weighted by Gasteiger charge is 2.21. The summed E-state index contributed by atoms with van der Waals surface area (Å²) in [5.41, 5.74) is 8.58. The van der Waals surface area contributed by atoms with Crippen molar-refractivity contribution in [3.05, 3.63) is 22.9 Å². The molecule has 1 atom stereocenters. The molecule has 0 radical (unpaired) electrons. The summed E-state index contributed by atoms with van der Waals surface area (Å²) in [7, 11) is 1.84. The molecule has 1 unspecified atom stereocenters. The number of aromatic nitrogens is 1. The van der Waals surface area contributed by atoms with Crippen molar-refractivity contribution in [3.63, 3.8) is 0 Å². The predicted octanol–water partition coefficient (Wildman–Crippen LogP) is 0.482. The van der Waals surface area contributed by atoms with E-state index < -0.39 is 6.10 Å². The molecule has 0 amide bonds. The molecular weight excluding hydrogens is 244 g/mol. The molecule has 0 fully saturated rings. The van der Waals surface area contributed by atoms with Gasteiger partial charge in [-0.15, -0.1) is 0 Å². The maximum absolute atomic E-state index is 9.48. The van der Waals surface area contributed by atoms with Gasteiger partial charge in [0, 0.05) is 19.3 Å². The van der Waals surface area contributed by atoms with Gasteiger partial charge in [0.2, 0.25) is 0 Å². The number of aliphatic hydroxyl groups excluding tert-OH is 1. The summed E-state index contributed by atoms with van der Waals surface area (Å²) in [6.07, 6.45) is 2.55. The molecule has 4 N–H and O–H groups in total. The third-order valence-corrected chi connectivity index (χ3v) is 3.31. The van der Waals surface area contributed by atoms with Crippen LogP contribution in [0.5, 0.6) is 0 Å². The second-order valence-corrected chi connectivity index (χ2v) is 5.03. The Hall–Kier alpha value is -1.82. The van der Waals surface area contributed by atoms with Crippen LogP contribution in [0.1, 0.15) is 30.2 Å². The lowest BCUT2D eigenvalue weighted by Crippen LogP contribution is -2.30. The van der Waals surface area contributed by atoms with Crippen LogP contribution in [0.3, 0.4) is 0 Å². The summed E-state index contributed by atoms with van der Waals surface area (Å²) in [5.74, 6) is 0.700. The SMILES string of the molecule is CC(O)CN(C)c1nc2c(cc1C(N)=NO)CCC2. The Labute approximate surface area is 112 Å². The van der Waals surface area contributed by atoms with Gasteiger partial charge in [0.15, 0.2) is 5.84 Å². The highest BCUT2D eigenvalue weighted by atomic mass is 16.4. The zero-order chi connectivity index (χ0) is 14.0. The van der Waals surface area contributed by atoms with Crippen LogP contribution < -0.4 is 10.6 Å². The van der Waals surface area contributed by atoms with Crippen LogP contribution in [0.25, 0.3) is 0 Å². The third kappa shape index (κ3) is 2.78. The molecule has 0 saturated carbocycles. The number of likely N-dealkylation sites (N-methyl/N-ethyl adjacent to an activating group) is 1. The number of anilines is 1. The Balaban J connectivity index is 2.45. The Kier molecular flexibility index (Phi) is 3.90. The number of aliphatic hydroxyl groups is 1. The first-order valence-electron chi connectivity index (χ1n) is 6.42.